The number of hydrogen-bond donors (Lipinski definition) is 3. The van der Waals surface area contributed by atoms with Gasteiger partial charge in [-0.1, -0.05) is 12.2 Å². The van der Waals surface area contributed by atoms with E-state index in [2.05, 4.69) is 0 Å². The molecule has 0 radical (unpaired) electrons. The van der Waals surface area contributed by atoms with Crippen LogP contribution in [-0.2, 0) is 23.9 Å². The van der Waals surface area contributed by atoms with Crippen LogP contribution in [0.5, 0.6) is 0 Å². The highest BCUT2D eigenvalue weighted by molar-refractivity contribution is 5.89. The molecule has 2 bridgehead atoms. The summed E-state index contributed by atoms with van der Waals surface area (Å²) in [5.41, 5.74) is 0. The van der Waals surface area contributed by atoms with Crippen molar-refractivity contribution in [3.05, 3.63) is 12.2 Å². The first-order valence-corrected chi connectivity index (χ1v) is 7.24. The van der Waals surface area contributed by atoms with Crippen LogP contribution in [-0.4, -0.2) is 45.3 Å². The topological polar surface area (TPSA) is 138 Å². The number of carboxylic acid groups (broad SMARTS) is 3. The van der Waals surface area contributed by atoms with Crippen LogP contribution < -0.4 is 0 Å². The number of hydrogen-bond acceptors (Lipinski definition) is 5. The zero-order chi connectivity index (χ0) is 17.5. The van der Waals surface area contributed by atoms with Crippen molar-refractivity contribution in [1.29, 1.82) is 0 Å². The molecule has 0 aliphatic heterocycles. The van der Waals surface area contributed by atoms with Gasteiger partial charge in [-0.3, -0.25) is 19.2 Å². The maximum absolute atomic E-state index is 12.3. The third-order valence-corrected chi connectivity index (χ3v) is 4.47. The predicted octanol–water partition coefficient (Wildman–Crippen LogP) is 0.472. The molecule has 0 aromatic carbocycles. The van der Waals surface area contributed by atoms with Crippen LogP contribution >= 0.6 is 0 Å². The maximum Gasteiger partial charge on any atom is 0.310 e. The Morgan fingerprint density at radius 3 is 1.48 bits per heavy atom. The van der Waals surface area contributed by atoms with Crippen molar-refractivity contribution in [1.82, 2.24) is 0 Å². The fraction of sp³-hybridized carbons (Fsp3) is 0.600. The monoisotopic (exact) mass is 326 g/mol. The van der Waals surface area contributed by atoms with E-state index in [1.165, 1.54) is 12.2 Å². The Kier molecular flexibility index (Phi) is 4.44. The predicted molar refractivity (Wildman–Crippen MR) is 74.2 cm³/mol. The van der Waals surface area contributed by atoms with Crippen LogP contribution in [0, 0.1) is 35.5 Å². The van der Waals surface area contributed by atoms with E-state index in [1.807, 2.05) is 0 Å². The molecule has 126 valence electrons. The standard InChI is InChI=1S/C15H18O8/c1-5(2)23-15(22)11-7-4-3-6(10(11)14(20)21)8(12(16)17)9(7)13(18)19/h3-11H,1-2H3,(H,16,17)(H,18,19)(H,20,21). The molecule has 23 heavy (non-hydrogen) atoms. The van der Waals surface area contributed by atoms with Crippen molar-refractivity contribution in [2.75, 3.05) is 0 Å². The van der Waals surface area contributed by atoms with Crippen molar-refractivity contribution in [2.24, 2.45) is 35.5 Å². The Bertz CT molecular complexity index is 578. The highest BCUT2D eigenvalue weighted by Crippen LogP contribution is 2.52. The number of carboxylic acids is 3. The number of rotatable bonds is 5. The van der Waals surface area contributed by atoms with Crippen LogP contribution in [0.15, 0.2) is 12.2 Å². The molecular weight excluding hydrogens is 308 g/mol. The number of allylic oxidation sites excluding steroid dienone is 2. The molecular formula is C15H18O8. The Morgan fingerprint density at radius 2 is 1.13 bits per heavy atom. The molecule has 8 heteroatoms. The zero-order valence-electron chi connectivity index (χ0n) is 12.6. The minimum Gasteiger partial charge on any atom is -0.481 e. The van der Waals surface area contributed by atoms with Crippen LogP contribution in [0.4, 0.5) is 0 Å². The molecule has 0 heterocycles. The Balaban J connectivity index is 2.49. The van der Waals surface area contributed by atoms with Crippen molar-refractivity contribution in [3.8, 4) is 0 Å². The van der Waals surface area contributed by atoms with Crippen LogP contribution in [0.3, 0.4) is 0 Å². The second-order valence-corrected chi connectivity index (χ2v) is 6.14. The third kappa shape index (κ3) is 2.80. The summed E-state index contributed by atoms with van der Waals surface area (Å²) in [6.45, 7) is 3.19. The van der Waals surface area contributed by atoms with Crippen molar-refractivity contribution >= 4 is 23.9 Å². The molecule has 3 N–H and O–H groups in total. The molecule has 0 saturated heterocycles. The summed E-state index contributed by atoms with van der Waals surface area (Å²) in [6.07, 6.45) is 2.36. The van der Waals surface area contributed by atoms with E-state index in [1.54, 1.807) is 13.8 Å². The van der Waals surface area contributed by atoms with Crippen molar-refractivity contribution in [2.45, 2.75) is 20.0 Å². The Labute approximate surface area is 131 Å². The molecule has 0 aromatic heterocycles. The molecule has 3 rings (SSSR count). The average Bonchev–Trinajstić information content (AvgIpc) is 2.44. The lowest BCUT2D eigenvalue weighted by Crippen LogP contribution is -2.57. The number of carbonyl (C=O) groups excluding carboxylic acids is 1. The summed E-state index contributed by atoms with van der Waals surface area (Å²) >= 11 is 0. The molecule has 8 nitrogen and oxygen atoms in total. The van der Waals surface area contributed by atoms with E-state index in [0.29, 0.717) is 0 Å². The normalized spacial score (nSPS) is 35.1. The number of fused-ring (bicyclic) bond motifs is 2. The molecule has 3 aliphatic carbocycles. The van der Waals surface area contributed by atoms with Gasteiger partial charge in [-0.05, 0) is 13.8 Å². The van der Waals surface area contributed by atoms with Gasteiger partial charge in [0.15, 0.2) is 0 Å². The summed E-state index contributed by atoms with van der Waals surface area (Å²) in [5, 5.41) is 28.2. The van der Waals surface area contributed by atoms with Crippen LogP contribution in [0.2, 0.25) is 0 Å². The van der Waals surface area contributed by atoms with Gasteiger partial charge in [-0.15, -0.1) is 0 Å². The number of ether oxygens (including phenoxy) is 1. The molecule has 0 amide bonds. The van der Waals surface area contributed by atoms with E-state index >= 15 is 0 Å². The van der Waals surface area contributed by atoms with Crippen molar-refractivity contribution < 1.29 is 39.2 Å². The largest absolute Gasteiger partial charge is 0.481 e. The quantitative estimate of drug-likeness (QED) is 0.489. The van der Waals surface area contributed by atoms with E-state index in [-0.39, 0.29) is 0 Å². The second-order valence-electron chi connectivity index (χ2n) is 6.14. The fourth-order valence-corrected chi connectivity index (χ4v) is 3.71. The first-order valence-electron chi connectivity index (χ1n) is 7.24. The first kappa shape index (κ1) is 17.0. The lowest BCUT2D eigenvalue weighted by atomic mass is 9.53. The molecule has 6 atom stereocenters. The SMILES string of the molecule is CC(C)OC(=O)C1C2C=CC(C(C(=O)O)C2C(=O)O)C1C(=O)O. The lowest BCUT2D eigenvalue weighted by Gasteiger charge is -2.48. The number of carbonyl (C=O) groups is 4. The van der Waals surface area contributed by atoms with Gasteiger partial charge in [0.05, 0.1) is 29.8 Å². The highest BCUT2D eigenvalue weighted by atomic mass is 16.5. The number of aliphatic carboxylic acids is 3. The van der Waals surface area contributed by atoms with Crippen LogP contribution in [0.1, 0.15) is 13.8 Å². The van der Waals surface area contributed by atoms with E-state index in [9.17, 15) is 34.5 Å². The van der Waals surface area contributed by atoms with E-state index in [4.69, 9.17) is 4.74 Å². The second kappa shape index (κ2) is 6.02. The summed E-state index contributed by atoms with van der Waals surface area (Å²) in [6, 6.07) is 0. The first-order chi connectivity index (χ1) is 10.7. The minimum atomic E-state index is -1.38. The van der Waals surface area contributed by atoms with Gasteiger partial charge in [0.2, 0.25) is 0 Å². The van der Waals surface area contributed by atoms with Gasteiger partial charge < -0.3 is 20.1 Å². The van der Waals surface area contributed by atoms with Gasteiger partial charge in [0.1, 0.15) is 0 Å². The zero-order valence-corrected chi connectivity index (χ0v) is 12.6. The van der Waals surface area contributed by atoms with Crippen LogP contribution in [0.25, 0.3) is 0 Å². The fourth-order valence-electron chi connectivity index (χ4n) is 3.71. The third-order valence-electron chi connectivity index (χ3n) is 4.47. The maximum atomic E-state index is 12.3. The lowest BCUT2D eigenvalue weighted by molar-refractivity contribution is -0.181. The Morgan fingerprint density at radius 1 is 0.783 bits per heavy atom. The summed E-state index contributed by atoms with van der Waals surface area (Å²) in [4.78, 5) is 46.9. The van der Waals surface area contributed by atoms with Gasteiger partial charge in [-0.25, -0.2) is 0 Å². The smallest absolute Gasteiger partial charge is 0.310 e. The van der Waals surface area contributed by atoms with Crippen molar-refractivity contribution in [3.63, 3.8) is 0 Å². The summed E-state index contributed by atoms with van der Waals surface area (Å²) in [7, 11) is 0. The van der Waals surface area contributed by atoms with E-state index < -0.39 is 65.5 Å². The molecule has 6 unspecified atom stereocenters. The van der Waals surface area contributed by atoms with E-state index in [0.717, 1.165) is 0 Å². The van der Waals surface area contributed by atoms with Gasteiger partial charge in [-0.2, -0.15) is 0 Å². The highest BCUT2D eigenvalue weighted by Gasteiger charge is 2.61. The summed E-state index contributed by atoms with van der Waals surface area (Å²) < 4.78 is 5.07. The molecule has 0 spiro atoms. The Hall–Kier alpha value is -2.38. The minimum absolute atomic E-state index is 0.486. The van der Waals surface area contributed by atoms with Gasteiger partial charge in [0, 0.05) is 11.8 Å². The number of esters is 1. The summed E-state index contributed by atoms with van der Waals surface area (Å²) in [5.74, 6) is -12.2. The molecule has 1 saturated carbocycles. The molecule has 3 aliphatic rings. The average molecular weight is 326 g/mol. The molecule has 0 aromatic rings. The van der Waals surface area contributed by atoms with Gasteiger partial charge >= 0.3 is 23.9 Å². The van der Waals surface area contributed by atoms with Gasteiger partial charge in [0.25, 0.3) is 0 Å². The molecule has 1 fully saturated rings.